The Bertz CT molecular complexity index is 358. The van der Waals surface area contributed by atoms with Gasteiger partial charge >= 0.3 is 0 Å². The Kier molecular flexibility index (Phi) is 4.75. The van der Waals surface area contributed by atoms with Gasteiger partial charge in [0.15, 0.2) is 9.84 Å². The highest BCUT2D eigenvalue weighted by molar-refractivity contribution is 7.92. The van der Waals surface area contributed by atoms with Gasteiger partial charge in [-0.25, -0.2) is 8.42 Å². The molecule has 4 nitrogen and oxygen atoms in total. The molecule has 0 N–H and O–H groups in total. The average Bonchev–Trinajstić information content (AvgIpc) is 2.26. The molecule has 1 fully saturated rings. The van der Waals surface area contributed by atoms with Gasteiger partial charge < -0.3 is 4.74 Å². The zero-order valence-corrected chi connectivity index (χ0v) is 10.7. The van der Waals surface area contributed by atoms with Gasteiger partial charge in [0.1, 0.15) is 0 Å². The van der Waals surface area contributed by atoms with Gasteiger partial charge in [-0.3, -0.25) is 0 Å². The number of ether oxygens (including phenoxy) is 1. The van der Waals surface area contributed by atoms with Crippen molar-refractivity contribution in [1.82, 2.24) is 0 Å². The van der Waals surface area contributed by atoms with Crippen molar-refractivity contribution >= 4 is 9.84 Å². The molecule has 0 spiro atoms. The highest BCUT2D eigenvalue weighted by atomic mass is 32.2. The van der Waals surface area contributed by atoms with Crippen LogP contribution in [0.15, 0.2) is 0 Å². The molecule has 0 aromatic carbocycles. The van der Waals surface area contributed by atoms with Gasteiger partial charge in [0, 0.05) is 7.11 Å². The lowest BCUT2D eigenvalue weighted by Crippen LogP contribution is -2.37. The van der Waals surface area contributed by atoms with Crippen molar-refractivity contribution < 1.29 is 13.2 Å². The minimum absolute atomic E-state index is 0.0269. The van der Waals surface area contributed by atoms with E-state index in [0.29, 0.717) is 18.8 Å². The fraction of sp³-hybridized carbons (Fsp3) is 0.909. The molecule has 1 saturated carbocycles. The largest absolute Gasteiger partial charge is 0.384 e. The summed E-state index contributed by atoms with van der Waals surface area (Å²) < 4.78 is 28.9. The number of hydrogen-bond acceptors (Lipinski definition) is 4. The number of nitriles is 1. The van der Waals surface area contributed by atoms with Crippen LogP contribution in [0.3, 0.4) is 0 Å². The fourth-order valence-corrected chi connectivity index (χ4v) is 4.25. The number of rotatable bonds is 4. The summed E-state index contributed by atoms with van der Waals surface area (Å²) in [5, 5.41) is 8.50. The molecule has 0 heterocycles. The second kappa shape index (κ2) is 5.65. The highest BCUT2D eigenvalue weighted by Crippen LogP contribution is 2.33. The first kappa shape index (κ1) is 13.5. The fourth-order valence-electron chi connectivity index (χ4n) is 2.22. The molecule has 1 aliphatic carbocycles. The lowest BCUT2D eigenvalue weighted by atomic mass is 9.83. The van der Waals surface area contributed by atoms with Crippen LogP contribution < -0.4 is 0 Å². The van der Waals surface area contributed by atoms with E-state index in [9.17, 15) is 8.42 Å². The van der Waals surface area contributed by atoms with E-state index in [1.165, 1.54) is 7.11 Å². The molecule has 3 atom stereocenters. The Labute approximate surface area is 97.5 Å². The Hall–Kier alpha value is -0.600. The van der Waals surface area contributed by atoms with Gasteiger partial charge in [-0.15, -0.1) is 0 Å². The van der Waals surface area contributed by atoms with Crippen LogP contribution in [0.25, 0.3) is 0 Å². The minimum Gasteiger partial charge on any atom is -0.384 e. The van der Waals surface area contributed by atoms with E-state index < -0.39 is 15.1 Å². The van der Waals surface area contributed by atoms with Crippen LogP contribution in [0.2, 0.25) is 0 Å². The lowest BCUT2D eigenvalue weighted by Gasteiger charge is -2.30. The lowest BCUT2D eigenvalue weighted by molar-refractivity contribution is 0.216. The van der Waals surface area contributed by atoms with Crippen molar-refractivity contribution in [3.8, 4) is 6.07 Å². The van der Waals surface area contributed by atoms with Gasteiger partial charge in [-0.2, -0.15) is 5.26 Å². The zero-order chi connectivity index (χ0) is 12.2. The van der Waals surface area contributed by atoms with Gasteiger partial charge in [0.25, 0.3) is 0 Å². The molecule has 0 amide bonds. The van der Waals surface area contributed by atoms with E-state index in [2.05, 4.69) is 6.07 Å². The quantitative estimate of drug-likeness (QED) is 0.750. The summed E-state index contributed by atoms with van der Waals surface area (Å²) in [6, 6.07) is 2.14. The second-order valence-corrected chi connectivity index (χ2v) is 6.89. The van der Waals surface area contributed by atoms with E-state index >= 15 is 0 Å². The molecular formula is C11H19NO3S. The van der Waals surface area contributed by atoms with Crippen LogP contribution in [0.5, 0.6) is 0 Å². The summed E-state index contributed by atoms with van der Waals surface area (Å²) in [7, 11) is -1.70. The number of hydrogen-bond donors (Lipinski definition) is 0. The third-order valence-electron chi connectivity index (χ3n) is 3.25. The Morgan fingerprint density at radius 3 is 2.69 bits per heavy atom. The Morgan fingerprint density at radius 2 is 2.12 bits per heavy atom. The van der Waals surface area contributed by atoms with Crippen LogP contribution in [0.4, 0.5) is 0 Å². The van der Waals surface area contributed by atoms with Crippen LogP contribution in [-0.4, -0.2) is 33.1 Å². The van der Waals surface area contributed by atoms with Crippen LogP contribution in [0.1, 0.15) is 26.2 Å². The topological polar surface area (TPSA) is 67.2 Å². The normalized spacial score (nSPS) is 30.9. The smallest absolute Gasteiger partial charge is 0.156 e. The number of nitrogens with zero attached hydrogens (tertiary/aromatic N) is 1. The van der Waals surface area contributed by atoms with Crippen molar-refractivity contribution in [1.29, 1.82) is 5.26 Å². The molecule has 0 aliphatic heterocycles. The van der Waals surface area contributed by atoms with Crippen molar-refractivity contribution in [3.05, 3.63) is 0 Å². The molecule has 1 rings (SSSR count). The average molecular weight is 245 g/mol. The third kappa shape index (κ3) is 3.19. The van der Waals surface area contributed by atoms with E-state index in [1.807, 2.05) is 6.92 Å². The van der Waals surface area contributed by atoms with Crippen LogP contribution >= 0.6 is 0 Å². The zero-order valence-electron chi connectivity index (χ0n) is 9.85. The number of methoxy groups -OCH3 is 1. The molecule has 3 unspecified atom stereocenters. The maximum absolute atomic E-state index is 12.0. The van der Waals surface area contributed by atoms with Gasteiger partial charge in [-0.1, -0.05) is 6.92 Å². The number of sulfone groups is 1. The summed E-state index contributed by atoms with van der Waals surface area (Å²) in [5.74, 6) is 0.0870. The van der Waals surface area contributed by atoms with Crippen LogP contribution in [-0.2, 0) is 14.6 Å². The maximum atomic E-state index is 12.0. The molecule has 0 aromatic heterocycles. The van der Waals surface area contributed by atoms with E-state index in [0.717, 1.165) is 6.42 Å². The summed E-state index contributed by atoms with van der Waals surface area (Å²) >= 11 is 0. The van der Waals surface area contributed by atoms with Gasteiger partial charge in [0.05, 0.1) is 29.6 Å². The molecule has 5 heteroatoms. The summed E-state index contributed by atoms with van der Waals surface area (Å²) in [5.41, 5.74) is 0. The summed E-state index contributed by atoms with van der Waals surface area (Å²) in [6.45, 7) is 2.26. The van der Waals surface area contributed by atoms with E-state index in [1.54, 1.807) is 0 Å². The molecule has 1 aliphatic rings. The van der Waals surface area contributed by atoms with Crippen molar-refractivity contribution in [2.75, 3.05) is 19.5 Å². The predicted molar refractivity (Wildman–Crippen MR) is 61.6 cm³/mol. The first-order valence-corrected chi connectivity index (χ1v) is 7.33. The first-order valence-electron chi connectivity index (χ1n) is 5.61. The van der Waals surface area contributed by atoms with Crippen molar-refractivity contribution in [3.63, 3.8) is 0 Å². The predicted octanol–water partition coefficient (Wildman–Crippen LogP) is 1.38. The highest BCUT2D eigenvalue weighted by Gasteiger charge is 2.37. The Balaban J connectivity index is 2.78. The maximum Gasteiger partial charge on any atom is 0.156 e. The molecule has 0 aromatic rings. The monoisotopic (exact) mass is 245 g/mol. The van der Waals surface area contributed by atoms with Crippen molar-refractivity contribution in [2.24, 2.45) is 11.8 Å². The third-order valence-corrected chi connectivity index (χ3v) is 5.43. The standard InChI is InChI=1S/C11H19NO3S/c1-9-3-4-10(8-12)11(7-9)16(13,14)6-5-15-2/h9-11H,3-7H2,1-2H3. The molecule has 0 radical (unpaired) electrons. The summed E-state index contributed by atoms with van der Waals surface area (Å²) in [6.07, 6.45) is 2.27. The molecule has 92 valence electrons. The van der Waals surface area contributed by atoms with Gasteiger partial charge in [0.2, 0.25) is 0 Å². The van der Waals surface area contributed by atoms with E-state index in [4.69, 9.17) is 10.00 Å². The SMILES string of the molecule is COCCS(=O)(=O)C1CC(C)CCC1C#N. The molecule has 16 heavy (non-hydrogen) atoms. The van der Waals surface area contributed by atoms with E-state index in [-0.39, 0.29) is 18.3 Å². The first-order chi connectivity index (χ1) is 7.51. The van der Waals surface area contributed by atoms with Crippen LogP contribution in [0, 0.1) is 23.2 Å². The van der Waals surface area contributed by atoms with Crippen molar-refractivity contribution in [2.45, 2.75) is 31.4 Å². The Morgan fingerprint density at radius 1 is 1.44 bits per heavy atom. The summed E-state index contributed by atoms with van der Waals surface area (Å²) in [4.78, 5) is 0. The molecule has 0 bridgehead atoms. The minimum atomic E-state index is -3.19. The van der Waals surface area contributed by atoms with Gasteiger partial charge in [-0.05, 0) is 25.2 Å². The molecule has 0 saturated heterocycles. The second-order valence-electron chi connectivity index (χ2n) is 4.55. The molecular weight excluding hydrogens is 226 g/mol.